The third kappa shape index (κ3) is 4.27. The molecule has 9 heteroatoms. The molecule has 2 aromatic heterocycles. The van der Waals surface area contributed by atoms with Crippen LogP contribution in [0.4, 0.5) is 10.5 Å². The molecule has 0 bridgehead atoms. The predicted molar refractivity (Wildman–Crippen MR) is 135 cm³/mol. The van der Waals surface area contributed by atoms with E-state index in [-0.39, 0.29) is 29.7 Å². The monoisotopic (exact) mass is 492 g/mol. The van der Waals surface area contributed by atoms with E-state index in [1.165, 1.54) is 7.11 Å². The molecule has 1 saturated carbocycles. The third-order valence-electron chi connectivity index (χ3n) is 7.74. The summed E-state index contributed by atoms with van der Waals surface area (Å²) < 4.78 is 8.93. The predicted octanol–water partition coefficient (Wildman–Crippen LogP) is 4.16. The van der Waals surface area contributed by atoms with Crippen LogP contribution in [0.25, 0.3) is 11.0 Å². The van der Waals surface area contributed by atoms with Crippen LogP contribution in [0, 0.1) is 5.92 Å². The number of hydrogen-bond donors (Lipinski definition) is 1. The van der Waals surface area contributed by atoms with E-state index in [1.54, 1.807) is 27.8 Å². The molecular weight excluding hydrogens is 460 g/mol. The number of rotatable bonds is 5. The zero-order chi connectivity index (χ0) is 25.4. The summed E-state index contributed by atoms with van der Waals surface area (Å²) in [6, 6.07) is 9.10. The summed E-state index contributed by atoms with van der Waals surface area (Å²) in [4.78, 5) is 43.4. The first-order valence-electron chi connectivity index (χ1n) is 12.7. The van der Waals surface area contributed by atoms with Crippen molar-refractivity contribution in [1.82, 2.24) is 14.1 Å². The third-order valence-corrected chi connectivity index (χ3v) is 7.74. The number of ether oxygens (including phenoxy) is 1. The number of fused-ring (bicyclic) bond motifs is 3. The standard InChI is InChI=1S/C27H32N4O5/c1-17-9-10-20-21(30(17)27(35)36-2)11-12-22-25(20)28-23(13-15-29-14-4-3-8-24(29)32)31(22)19-7-5-6-18(16-19)26(33)34/h3-4,8,11-12,14,17-19H,5-7,9-10,13,15-16H2,1-2H3,(H,33,34)/t17-,18+,19+/m0/s1. The molecule has 5 rings (SSSR count). The number of carbonyl (C=O) groups is 2. The van der Waals surface area contributed by atoms with E-state index in [0.717, 1.165) is 53.8 Å². The number of nitrogens with zero attached hydrogens (tertiary/aromatic N) is 4. The largest absolute Gasteiger partial charge is 0.481 e. The van der Waals surface area contributed by atoms with Crippen molar-refractivity contribution in [2.24, 2.45) is 5.92 Å². The fourth-order valence-corrected chi connectivity index (χ4v) is 5.90. The highest BCUT2D eigenvalue weighted by molar-refractivity contribution is 5.95. The van der Waals surface area contributed by atoms with Crippen molar-refractivity contribution in [3.8, 4) is 0 Å². The molecule has 3 atom stereocenters. The molecule has 1 aliphatic heterocycles. The van der Waals surface area contributed by atoms with Crippen LogP contribution in [-0.4, -0.2) is 44.4 Å². The van der Waals surface area contributed by atoms with Crippen molar-refractivity contribution in [1.29, 1.82) is 0 Å². The molecule has 9 nitrogen and oxygen atoms in total. The van der Waals surface area contributed by atoms with Gasteiger partial charge in [0.25, 0.3) is 5.56 Å². The lowest BCUT2D eigenvalue weighted by atomic mass is 9.85. The summed E-state index contributed by atoms with van der Waals surface area (Å²) in [6.45, 7) is 2.49. The number of benzene rings is 1. The number of carboxylic acids is 1. The highest BCUT2D eigenvalue weighted by Gasteiger charge is 2.34. The normalized spacial score (nSPS) is 21.8. The van der Waals surface area contributed by atoms with Gasteiger partial charge in [0, 0.05) is 42.9 Å². The average molecular weight is 493 g/mol. The summed E-state index contributed by atoms with van der Waals surface area (Å²) in [7, 11) is 1.39. The van der Waals surface area contributed by atoms with Gasteiger partial charge >= 0.3 is 12.1 Å². The number of anilines is 1. The Bertz CT molecular complexity index is 1360. The topological polar surface area (TPSA) is 107 Å². The van der Waals surface area contributed by atoms with Crippen LogP contribution in [0.3, 0.4) is 0 Å². The minimum atomic E-state index is -0.749. The molecule has 1 aliphatic carbocycles. The number of carbonyl (C=O) groups excluding carboxylic acids is 1. The molecular formula is C27H32N4O5. The number of aryl methyl sites for hydroxylation is 3. The van der Waals surface area contributed by atoms with Gasteiger partial charge in [0.2, 0.25) is 0 Å². The van der Waals surface area contributed by atoms with Gasteiger partial charge in [-0.1, -0.05) is 12.5 Å². The van der Waals surface area contributed by atoms with Gasteiger partial charge in [-0.25, -0.2) is 9.78 Å². The first-order chi connectivity index (χ1) is 17.4. The van der Waals surface area contributed by atoms with Gasteiger partial charge in [0.15, 0.2) is 0 Å². The Balaban J connectivity index is 1.61. The molecule has 0 spiro atoms. The van der Waals surface area contributed by atoms with Gasteiger partial charge < -0.3 is 19.0 Å². The number of hydrogen-bond acceptors (Lipinski definition) is 5. The molecule has 1 N–H and O–H groups in total. The highest BCUT2D eigenvalue weighted by Crippen LogP contribution is 2.40. The molecule has 0 unspecified atom stereocenters. The minimum Gasteiger partial charge on any atom is -0.481 e. The first-order valence-corrected chi connectivity index (χ1v) is 12.7. The second kappa shape index (κ2) is 9.79. The van der Waals surface area contributed by atoms with Crippen molar-refractivity contribution in [3.05, 3.63) is 58.3 Å². The number of methoxy groups -OCH3 is 1. The molecule has 1 amide bonds. The van der Waals surface area contributed by atoms with Gasteiger partial charge in [-0.15, -0.1) is 0 Å². The Morgan fingerprint density at radius 1 is 1.17 bits per heavy atom. The molecule has 190 valence electrons. The Morgan fingerprint density at radius 3 is 2.75 bits per heavy atom. The lowest BCUT2D eigenvalue weighted by Gasteiger charge is -2.34. The molecule has 3 heterocycles. The SMILES string of the molecule is COC(=O)N1c2ccc3c(nc(CCn4ccccc4=O)n3[C@@H]3CCC[C@@H](C(=O)O)C3)c2CC[C@@H]1C. The Morgan fingerprint density at radius 2 is 2.00 bits per heavy atom. The molecule has 2 aliphatic rings. The lowest BCUT2D eigenvalue weighted by Crippen LogP contribution is -2.42. The van der Waals surface area contributed by atoms with E-state index < -0.39 is 5.97 Å². The summed E-state index contributed by atoms with van der Waals surface area (Å²) in [5, 5.41) is 9.69. The van der Waals surface area contributed by atoms with Gasteiger partial charge in [-0.3, -0.25) is 14.5 Å². The summed E-state index contributed by atoms with van der Waals surface area (Å²) >= 11 is 0. The number of aromatic nitrogens is 3. The van der Waals surface area contributed by atoms with Crippen LogP contribution in [0.1, 0.15) is 56.5 Å². The van der Waals surface area contributed by atoms with Crippen LogP contribution in [0.5, 0.6) is 0 Å². The molecule has 3 aromatic rings. The van der Waals surface area contributed by atoms with Crippen LogP contribution >= 0.6 is 0 Å². The van der Waals surface area contributed by atoms with Crippen molar-refractivity contribution < 1.29 is 19.4 Å². The summed E-state index contributed by atoms with van der Waals surface area (Å²) in [5.74, 6) is -0.283. The maximum absolute atomic E-state index is 12.6. The maximum atomic E-state index is 12.6. The zero-order valence-corrected chi connectivity index (χ0v) is 20.7. The smallest absolute Gasteiger partial charge is 0.414 e. The fraction of sp³-hybridized carbons (Fsp3) is 0.481. The van der Waals surface area contributed by atoms with E-state index >= 15 is 0 Å². The maximum Gasteiger partial charge on any atom is 0.414 e. The van der Waals surface area contributed by atoms with Crippen molar-refractivity contribution in [2.45, 2.75) is 70.5 Å². The van der Waals surface area contributed by atoms with Crippen molar-refractivity contribution >= 4 is 28.8 Å². The Labute approximate surface area is 209 Å². The Kier molecular flexibility index (Phi) is 6.55. The average Bonchev–Trinajstić information content (AvgIpc) is 3.26. The summed E-state index contributed by atoms with van der Waals surface area (Å²) in [5.41, 5.74) is 3.57. The molecule has 0 radical (unpaired) electrons. The van der Waals surface area contributed by atoms with E-state index in [2.05, 4.69) is 4.57 Å². The van der Waals surface area contributed by atoms with Crippen molar-refractivity contribution in [2.75, 3.05) is 12.0 Å². The van der Waals surface area contributed by atoms with Crippen LogP contribution < -0.4 is 10.5 Å². The van der Waals surface area contributed by atoms with Gasteiger partial charge in [0.1, 0.15) is 5.82 Å². The minimum absolute atomic E-state index is 0.0172. The van der Waals surface area contributed by atoms with E-state index in [9.17, 15) is 19.5 Å². The molecule has 1 fully saturated rings. The second-order valence-electron chi connectivity index (χ2n) is 9.89. The van der Waals surface area contributed by atoms with Gasteiger partial charge in [0.05, 0.1) is 29.7 Å². The number of imidazole rings is 1. The van der Waals surface area contributed by atoms with E-state index in [0.29, 0.717) is 25.8 Å². The van der Waals surface area contributed by atoms with E-state index in [4.69, 9.17) is 9.72 Å². The number of amides is 1. The van der Waals surface area contributed by atoms with Crippen LogP contribution in [0.15, 0.2) is 41.3 Å². The van der Waals surface area contributed by atoms with Crippen LogP contribution in [-0.2, 0) is 28.9 Å². The molecule has 1 aromatic carbocycles. The van der Waals surface area contributed by atoms with E-state index in [1.807, 2.05) is 25.1 Å². The van der Waals surface area contributed by atoms with Crippen LogP contribution in [0.2, 0.25) is 0 Å². The number of aliphatic carboxylic acids is 1. The Hall–Kier alpha value is -3.62. The molecule has 36 heavy (non-hydrogen) atoms. The van der Waals surface area contributed by atoms with Crippen molar-refractivity contribution in [3.63, 3.8) is 0 Å². The molecule has 0 saturated heterocycles. The lowest BCUT2D eigenvalue weighted by molar-refractivity contribution is -0.143. The summed E-state index contributed by atoms with van der Waals surface area (Å²) in [6.07, 6.45) is 6.49. The van der Waals surface area contributed by atoms with Gasteiger partial charge in [-0.2, -0.15) is 0 Å². The van der Waals surface area contributed by atoms with Gasteiger partial charge in [-0.05, 0) is 57.2 Å². The quantitative estimate of drug-likeness (QED) is 0.573. The number of carboxylic acid groups (broad SMARTS) is 1. The zero-order valence-electron chi connectivity index (χ0n) is 20.7. The highest BCUT2D eigenvalue weighted by atomic mass is 16.5. The first kappa shape index (κ1) is 24.1. The number of pyridine rings is 1. The fourth-order valence-electron chi connectivity index (χ4n) is 5.90. The second-order valence-corrected chi connectivity index (χ2v) is 9.89.